The number of carbonyl (C=O) groups excluding carboxylic acids is 1. The van der Waals surface area contributed by atoms with Crippen molar-refractivity contribution in [1.82, 2.24) is 4.98 Å². The SMILES string of the molecule is CCc1sc(=S)[nH]c1-c1ccc2c(c1)CC(=O)N2. The Hall–Kier alpha value is -1.46. The number of carbonyl (C=O) groups is 1. The number of aromatic amines is 1. The van der Waals surface area contributed by atoms with E-state index in [1.165, 1.54) is 4.88 Å². The second kappa shape index (κ2) is 4.33. The lowest BCUT2D eigenvalue weighted by Crippen LogP contribution is -2.03. The molecule has 0 spiro atoms. The number of aromatic nitrogens is 1. The quantitative estimate of drug-likeness (QED) is 0.824. The van der Waals surface area contributed by atoms with Crippen molar-refractivity contribution in [3.8, 4) is 11.3 Å². The molecule has 0 saturated heterocycles. The Morgan fingerprint density at radius 1 is 1.44 bits per heavy atom. The van der Waals surface area contributed by atoms with Gasteiger partial charge in [-0.3, -0.25) is 4.79 Å². The molecule has 0 fully saturated rings. The van der Waals surface area contributed by atoms with Gasteiger partial charge in [-0.05, 0) is 41.9 Å². The normalized spacial score (nSPS) is 13.5. The van der Waals surface area contributed by atoms with Crippen molar-refractivity contribution in [1.29, 1.82) is 0 Å². The first-order valence-electron chi connectivity index (χ1n) is 5.82. The Morgan fingerprint density at radius 2 is 2.28 bits per heavy atom. The minimum absolute atomic E-state index is 0.0659. The van der Waals surface area contributed by atoms with Crippen molar-refractivity contribution >= 4 is 35.1 Å². The molecular formula is C13H12N2OS2. The summed E-state index contributed by atoms with van der Waals surface area (Å²) in [5.74, 6) is 0.0659. The summed E-state index contributed by atoms with van der Waals surface area (Å²) >= 11 is 6.82. The van der Waals surface area contributed by atoms with E-state index in [9.17, 15) is 4.79 Å². The van der Waals surface area contributed by atoms with Crippen LogP contribution >= 0.6 is 23.6 Å². The molecule has 0 saturated carbocycles. The Kier molecular flexibility index (Phi) is 2.80. The summed E-state index contributed by atoms with van der Waals surface area (Å²) < 4.78 is 0.802. The van der Waals surface area contributed by atoms with Gasteiger partial charge in [-0.15, -0.1) is 11.3 Å². The van der Waals surface area contributed by atoms with E-state index >= 15 is 0 Å². The van der Waals surface area contributed by atoms with E-state index in [-0.39, 0.29) is 5.91 Å². The van der Waals surface area contributed by atoms with E-state index in [1.807, 2.05) is 12.1 Å². The standard InChI is InChI=1S/C13H12N2OS2/c1-2-10-12(15-13(17)18-10)7-3-4-9-8(5-7)6-11(16)14-9/h3-5H,2,6H2,1H3,(H,14,16)(H,15,17). The van der Waals surface area contributed by atoms with Crippen molar-refractivity contribution in [2.75, 3.05) is 5.32 Å². The van der Waals surface area contributed by atoms with Crippen molar-refractivity contribution in [2.24, 2.45) is 0 Å². The van der Waals surface area contributed by atoms with E-state index in [0.29, 0.717) is 6.42 Å². The molecule has 1 aliphatic heterocycles. The van der Waals surface area contributed by atoms with Gasteiger partial charge in [0.25, 0.3) is 0 Å². The monoisotopic (exact) mass is 276 g/mol. The second-order valence-electron chi connectivity index (χ2n) is 4.26. The van der Waals surface area contributed by atoms with Gasteiger partial charge in [-0.25, -0.2) is 0 Å². The van der Waals surface area contributed by atoms with Crippen molar-refractivity contribution in [3.05, 3.63) is 32.6 Å². The van der Waals surface area contributed by atoms with Crippen LogP contribution in [0.1, 0.15) is 17.4 Å². The molecule has 2 N–H and O–H groups in total. The van der Waals surface area contributed by atoms with Crippen LogP contribution in [-0.2, 0) is 17.6 Å². The molecule has 3 nitrogen and oxygen atoms in total. The number of rotatable bonds is 2. The first-order valence-corrected chi connectivity index (χ1v) is 7.05. The van der Waals surface area contributed by atoms with Crippen molar-refractivity contribution in [3.63, 3.8) is 0 Å². The fraction of sp³-hybridized carbons (Fsp3) is 0.231. The summed E-state index contributed by atoms with van der Waals surface area (Å²) in [4.78, 5) is 15.8. The average molecular weight is 276 g/mol. The van der Waals surface area contributed by atoms with Gasteiger partial charge >= 0.3 is 0 Å². The molecule has 0 atom stereocenters. The molecule has 92 valence electrons. The summed E-state index contributed by atoms with van der Waals surface area (Å²) in [5.41, 5.74) is 4.18. The number of benzene rings is 1. The smallest absolute Gasteiger partial charge is 0.228 e. The van der Waals surface area contributed by atoms with Gasteiger partial charge in [-0.2, -0.15) is 0 Å². The molecule has 0 radical (unpaired) electrons. The fourth-order valence-corrected chi connectivity index (χ4v) is 3.42. The van der Waals surface area contributed by atoms with Gasteiger partial charge in [0, 0.05) is 10.6 Å². The van der Waals surface area contributed by atoms with Gasteiger partial charge in [0.05, 0.1) is 12.1 Å². The maximum Gasteiger partial charge on any atom is 0.228 e. The highest BCUT2D eigenvalue weighted by atomic mass is 32.1. The molecule has 0 unspecified atom stereocenters. The topological polar surface area (TPSA) is 44.9 Å². The summed E-state index contributed by atoms with van der Waals surface area (Å²) in [6.07, 6.45) is 1.43. The number of nitrogens with one attached hydrogen (secondary N) is 2. The lowest BCUT2D eigenvalue weighted by Gasteiger charge is -2.04. The van der Waals surface area contributed by atoms with E-state index in [1.54, 1.807) is 11.3 Å². The maximum atomic E-state index is 11.3. The van der Waals surface area contributed by atoms with Gasteiger partial charge in [0.15, 0.2) is 3.95 Å². The van der Waals surface area contributed by atoms with Gasteiger partial charge < -0.3 is 10.3 Å². The third-order valence-corrected chi connectivity index (χ3v) is 4.44. The van der Waals surface area contributed by atoms with Gasteiger partial charge in [-0.1, -0.05) is 13.0 Å². The lowest BCUT2D eigenvalue weighted by molar-refractivity contribution is -0.115. The number of anilines is 1. The number of hydrogen-bond donors (Lipinski definition) is 2. The molecule has 0 bridgehead atoms. The number of H-pyrrole nitrogens is 1. The molecule has 2 heterocycles. The van der Waals surface area contributed by atoms with Gasteiger partial charge in [0.2, 0.25) is 5.91 Å². The summed E-state index contributed by atoms with van der Waals surface area (Å²) in [7, 11) is 0. The van der Waals surface area contributed by atoms with E-state index in [2.05, 4.69) is 23.3 Å². The molecule has 1 aromatic carbocycles. The summed E-state index contributed by atoms with van der Waals surface area (Å²) in [5, 5.41) is 2.84. The average Bonchev–Trinajstić information content (AvgIpc) is 2.89. The Labute approximate surface area is 114 Å². The van der Waals surface area contributed by atoms with Crippen LogP contribution in [0.2, 0.25) is 0 Å². The Morgan fingerprint density at radius 3 is 3.06 bits per heavy atom. The summed E-state index contributed by atoms with van der Waals surface area (Å²) in [6.45, 7) is 2.12. The molecule has 3 rings (SSSR count). The Bertz CT molecular complexity index is 685. The number of aryl methyl sites for hydroxylation is 1. The summed E-state index contributed by atoms with van der Waals surface area (Å²) in [6, 6.07) is 6.06. The minimum atomic E-state index is 0.0659. The van der Waals surface area contributed by atoms with E-state index in [4.69, 9.17) is 12.2 Å². The highest BCUT2D eigenvalue weighted by molar-refractivity contribution is 7.73. The zero-order chi connectivity index (χ0) is 12.7. The zero-order valence-corrected chi connectivity index (χ0v) is 11.5. The predicted octanol–water partition coefficient (Wildman–Crippen LogP) is 3.53. The number of thiazole rings is 1. The van der Waals surface area contributed by atoms with Gasteiger partial charge in [0.1, 0.15) is 0 Å². The third-order valence-electron chi connectivity index (χ3n) is 3.06. The van der Waals surface area contributed by atoms with Crippen LogP contribution < -0.4 is 5.32 Å². The molecule has 18 heavy (non-hydrogen) atoms. The first kappa shape index (κ1) is 11.6. The van der Waals surface area contributed by atoms with Crippen molar-refractivity contribution in [2.45, 2.75) is 19.8 Å². The third kappa shape index (κ3) is 1.89. The van der Waals surface area contributed by atoms with Crippen LogP contribution in [-0.4, -0.2) is 10.9 Å². The molecule has 1 amide bonds. The first-order chi connectivity index (χ1) is 8.67. The zero-order valence-electron chi connectivity index (χ0n) is 9.87. The largest absolute Gasteiger partial charge is 0.337 e. The van der Waals surface area contributed by atoms with Crippen LogP contribution in [0.15, 0.2) is 18.2 Å². The van der Waals surface area contributed by atoms with Crippen LogP contribution in [0.3, 0.4) is 0 Å². The molecule has 0 aliphatic carbocycles. The van der Waals surface area contributed by atoms with E-state index < -0.39 is 0 Å². The number of amides is 1. The molecular weight excluding hydrogens is 264 g/mol. The Balaban J connectivity index is 2.10. The van der Waals surface area contributed by atoms with Crippen molar-refractivity contribution < 1.29 is 4.79 Å². The highest BCUT2D eigenvalue weighted by Gasteiger charge is 2.18. The van der Waals surface area contributed by atoms with Crippen LogP contribution in [0.25, 0.3) is 11.3 Å². The lowest BCUT2D eigenvalue weighted by atomic mass is 10.0. The van der Waals surface area contributed by atoms with E-state index in [0.717, 1.165) is 32.9 Å². The molecule has 5 heteroatoms. The van der Waals surface area contributed by atoms with Crippen LogP contribution in [0.5, 0.6) is 0 Å². The predicted molar refractivity (Wildman–Crippen MR) is 76.7 cm³/mol. The molecule has 1 aromatic heterocycles. The number of fused-ring (bicyclic) bond motifs is 1. The highest BCUT2D eigenvalue weighted by Crippen LogP contribution is 2.32. The van der Waals surface area contributed by atoms with Crippen LogP contribution in [0, 0.1) is 3.95 Å². The van der Waals surface area contributed by atoms with Crippen LogP contribution in [0.4, 0.5) is 5.69 Å². The second-order valence-corrected chi connectivity index (χ2v) is 6.03. The molecule has 2 aromatic rings. The fourth-order valence-electron chi connectivity index (χ4n) is 2.23. The number of hydrogen-bond acceptors (Lipinski definition) is 3. The molecule has 1 aliphatic rings. The minimum Gasteiger partial charge on any atom is -0.337 e. The maximum absolute atomic E-state index is 11.3.